The molecule has 26 heavy (non-hydrogen) atoms. The summed E-state index contributed by atoms with van der Waals surface area (Å²) in [6.45, 7) is 6.31. The molecule has 2 aromatic rings. The molecule has 0 saturated heterocycles. The Morgan fingerprint density at radius 3 is 2.38 bits per heavy atom. The van der Waals surface area contributed by atoms with Crippen molar-refractivity contribution in [2.24, 2.45) is 0 Å². The third kappa shape index (κ3) is 6.31. The molecule has 0 aliphatic carbocycles. The van der Waals surface area contributed by atoms with Gasteiger partial charge in [0.2, 0.25) is 0 Å². The van der Waals surface area contributed by atoms with Crippen LogP contribution < -0.4 is 5.32 Å². The lowest BCUT2D eigenvalue weighted by atomic mass is 9.99. The molecule has 2 N–H and O–H groups in total. The Balaban J connectivity index is 0.00000338. The predicted molar refractivity (Wildman–Crippen MR) is 101 cm³/mol. The van der Waals surface area contributed by atoms with Crippen molar-refractivity contribution in [2.45, 2.75) is 45.5 Å². The van der Waals surface area contributed by atoms with Crippen LogP contribution in [0.5, 0.6) is 0 Å². The fourth-order valence-electron chi connectivity index (χ4n) is 2.83. The van der Waals surface area contributed by atoms with Gasteiger partial charge in [-0.05, 0) is 56.0 Å². The molecule has 0 spiro atoms. The fourth-order valence-corrected chi connectivity index (χ4v) is 2.83. The average molecular weight is 388 g/mol. The van der Waals surface area contributed by atoms with Gasteiger partial charge < -0.3 is 10.4 Å². The Kier molecular flexibility index (Phi) is 8.13. The molecule has 2 atom stereocenters. The van der Waals surface area contributed by atoms with Crippen LogP contribution in [0.15, 0.2) is 42.5 Å². The third-order valence-corrected chi connectivity index (χ3v) is 4.28. The number of hydrogen-bond acceptors (Lipinski definition) is 2. The van der Waals surface area contributed by atoms with E-state index in [4.69, 9.17) is 0 Å². The summed E-state index contributed by atoms with van der Waals surface area (Å²) in [6.07, 6.45) is -4.59. The topological polar surface area (TPSA) is 32.3 Å². The molecule has 2 unspecified atom stereocenters. The highest BCUT2D eigenvalue weighted by molar-refractivity contribution is 5.85. The molecule has 6 heteroatoms. The maximum Gasteiger partial charge on any atom is 0.416 e. The molecule has 0 amide bonds. The second kappa shape index (κ2) is 9.40. The highest BCUT2D eigenvalue weighted by Gasteiger charge is 2.30. The van der Waals surface area contributed by atoms with Crippen LogP contribution in [0.4, 0.5) is 13.2 Å². The standard InChI is InChI=1S/C20H24F3NO.ClH/c1-13-7-8-16(14(2)9-13)10-15(3)24-12-19(25)17-5-4-6-18(11-17)20(21,22)23;/h4-9,11,15,19,24-25H,10,12H2,1-3H3;1H. The zero-order chi connectivity index (χ0) is 18.6. The third-order valence-electron chi connectivity index (χ3n) is 4.28. The smallest absolute Gasteiger partial charge is 0.387 e. The van der Waals surface area contributed by atoms with E-state index in [1.165, 1.54) is 28.8 Å². The highest BCUT2D eigenvalue weighted by Crippen LogP contribution is 2.30. The maximum atomic E-state index is 12.8. The molecule has 0 saturated carbocycles. The van der Waals surface area contributed by atoms with Gasteiger partial charge in [0.1, 0.15) is 0 Å². The first-order chi connectivity index (χ1) is 11.7. The molecule has 0 aromatic heterocycles. The van der Waals surface area contributed by atoms with Gasteiger partial charge >= 0.3 is 6.18 Å². The SMILES string of the molecule is Cc1ccc(CC(C)NCC(O)c2cccc(C(F)(F)F)c2)c(C)c1.Cl. The van der Waals surface area contributed by atoms with Crippen LogP contribution in [-0.4, -0.2) is 17.7 Å². The second-order valence-corrected chi connectivity index (χ2v) is 6.58. The van der Waals surface area contributed by atoms with Crippen LogP contribution in [0.1, 0.15) is 40.8 Å². The van der Waals surface area contributed by atoms with Gasteiger partial charge in [0.05, 0.1) is 11.7 Å². The van der Waals surface area contributed by atoms with Crippen LogP contribution in [0.25, 0.3) is 0 Å². The number of nitrogens with one attached hydrogen (secondary N) is 1. The average Bonchev–Trinajstić information content (AvgIpc) is 2.54. The van der Waals surface area contributed by atoms with Crippen LogP contribution in [0.3, 0.4) is 0 Å². The summed E-state index contributed by atoms with van der Waals surface area (Å²) in [5.41, 5.74) is 3.17. The maximum absolute atomic E-state index is 12.8. The number of hydrogen-bond donors (Lipinski definition) is 2. The number of alkyl halides is 3. The molecule has 0 fully saturated rings. The first kappa shape index (κ1) is 22.5. The van der Waals surface area contributed by atoms with Crippen LogP contribution in [0, 0.1) is 13.8 Å². The van der Waals surface area contributed by atoms with Gasteiger partial charge in [-0.15, -0.1) is 12.4 Å². The Labute approximate surface area is 158 Å². The first-order valence-electron chi connectivity index (χ1n) is 8.31. The van der Waals surface area contributed by atoms with E-state index >= 15 is 0 Å². The van der Waals surface area contributed by atoms with Gasteiger partial charge in [-0.2, -0.15) is 13.2 Å². The molecule has 0 heterocycles. The number of halogens is 4. The summed E-state index contributed by atoms with van der Waals surface area (Å²) in [5.74, 6) is 0. The van der Waals surface area contributed by atoms with Crippen molar-refractivity contribution >= 4 is 12.4 Å². The summed E-state index contributed by atoms with van der Waals surface area (Å²) < 4.78 is 38.3. The van der Waals surface area contributed by atoms with Gasteiger partial charge in [-0.25, -0.2) is 0 Å². The zero-order valence-electron chi connectivity index (χ0n) is 15.1. The van der Waals surface area contributed by atoms with E-state index in [2.05, 4.69) is 30.4 Å². The Morgan fingerprint density at radius 1 is 1.08 bits per heavy atom. The molecule has 0 aliphatic heterocycles. The lowest BCUT2D eigenvalue weighted by Gasteiger charge is -2.19. The van der Waals surface area contributed by atoms with Crippen LogP contribution >= 0.6 is 12.4 Å². The van der Waals surface area contributed by atoms with Crippen molar-refractivity contribution in [3.63, 3.8) is 0 Å². The minimum atomic E-state index is -4.40. The fraction of sp³-hybridized carbons (Fsp3) is 0.400. The Bertz CT molecular complexity index is 718. The van der Waals surface area contributed by atoms with Crippen molar-refractivity contribution in [3.8, 4) is 0 Å². The molecule has 144 valence electrons. The number of benzene rings is 2. The van der Waals surface area contributed by atoms with Gasteiger partial charge in [0, 0.05) is 12.6 Å². The van der Waals surface area contributed by atoms with Crippen molar-refractivity contribution in [1.82, 2.24) is 5.32 Å². The molecule has 2 aromatic carbocycles. The molecule has 0 radical (unpaired) electrons. The molecule has 0 bridgehead atoms. The Hall–Kier alpha value is -1.56. The second-order valence-electron chi connectivity index (χ2n) is 6.58. The van der Waals surface area contributed by atoms with Crippen molar-refractivity contribution < 1.29 is 18.3 Å². The highest BCUT2D eigenvalue weighted by atomic mass is 35.5. The normalized spacial score (nSPS) is 13.8. The summed E-state index contributed by atoms with van der Waals surface area (Å²) in [5, 5.41) is 13.4. The van der Waals surface area contributed by atoms with E-state index in [1.54, 1.807) is 0 Å². The van der Waals surface area contributed by atoms with Gasteiger partial charge in [0.15, 0.2) is 0 Å². The number of aliphatic hydroxyl groups excluding tert-OH is 1. The largest absolute Gasteiger partial charge is 0.416 e. The molecule has 2 rings (SSSR count). The molecule has 0 aliphatic rings. The lowest BCUT2D eigenvalue weighted by molar-refractivity contribution is -0.137. The summed E-state index contributed by atoms with van der Waals surface area (Å²) >= 11 is 0. The van der Waals surface area contributed by atoms with Gasteiger partial charge in [0.25, 0.3) is 0 Å². The molecular formula is C20H25ClF3NO. The van der Waals surface area contributed by atoms with Crippen molar-refractivity contribution in [3.05, 3.63) is 70.3 Å². The zero-order valence-corrected chi connectivity index (χ0v) is 15.9. The van der Waals surface area contributed by atoms with E-state index in [0.29, 0.717) is 0 Å². The molecule has 2 nitrogen and oxygen atoms in total. The van der Waals surface area contributed by atoms with Crippen LogP contribution in [0.2, 0.25) is 0 Å². The minimum Gasteiger partial charge on any atom is -0.387 e. The van der Waals surface area contributed by atoms with E-state index in [-0.39, 0.29) is 30.6 Å². The van der Waals surface area contributed by atoms with Gasteiger partial charge in [-0.3, -0.25) is 0 Å². The van der Waals surface area contributed by atoms with E-state index in [9.17, 15) is 18.3 Å². The van der Waals surface area contributed by atoms with E-state index in [0.717, 1.165) is 18.6 Å². The van der Waals surface area contributed by atoms with E-state index < -0.39 is 17.8 Å². The Morgan fingerprint density at radius 2 is 1.77 bits per heavy atom. The van der Waals surface area contributed by atoms with Crippen molar-refractivity contribution in [1.29, 1.82) is 0 Å². The quantitative estimate of drug-likeness (QED) is 0.731. The number of aliphatic hydroxyl groups is 1. The van der Waals surface area contributed by atoms with E-state index in [1.807, 2.05) is 13.8 Å². The molecular weight excluding hydrogens is 363 g/mol. The lowest BCUT2D eigenvalue weighted by Crippen LogP contribution is -2.32. The minimum absolute atomic E-state index is 0. The summed E-state index contributed by atoms with van der Waals surface area (Å²) in [4.78, 5) is 0. The summed E-state index contributed by atoms with van der Waals surface area (Å²) in [6, 6.07) is 11.2. The van der Waals surface area contributed by atoms with Crippen LogP contribution in [-0.2, 0) is 12.6 Å². The predicted octanol–water partition coefficient (Wildman–Crippen LogP) is 5.00. The van der Waals surface area contributed by atoms with Gasteiger partial charge in [-0.1, -0.05) is 35.9 Å². The van der Waals surface area contributed by atoms with Crippen molar-refractivity contribution in [2.75, 3.05) is 6.54 Å². The number of aryl methyl sites for hydroxylation is 2. The first-order valence-corrected chi connectivity index (χ1v) is 8.31. The monoisotopic (exact) mass is 387 g/mol. The summed E-state index contributed by atoms with van der Waals surface area (Å²) in [7, 11) is 0. The number of rotatable bonds is 6.